The molecule has 106 valence electrons. The molecule has 0 unspecified atom stereocenters. The molecule has 7 heteroatoms. The summed E-state index contributed by atoms with van der Waals surface area (Å²) >= 11 is 1.42. The summed E-state index contributed by atoms with van der Waals surface area (Å²) in [6, 6.07) is 9.21. The Balaban J connectivity index is 1.80. The molecule has 2 heterocycles. The molecule has 1 aromatic carbocycles. The summed E-state index contributed by atoms with van der Waals surface area (Å²) in [4.78, 5) is 24.4. The number of rotatable bonds is 4. The van der Waals surface area contributed by atoms with Gasteiger partial charge in [-0.25, -0.2) is 15.0 Å². The zero-order valence-electron chi connectivity index (χ0n) is 11.2. The maximum absolute atomic E-state index is 12.2. The third kappa shape index (κ3) is 2.97. The molecule has 0 atom stereocenters. The second-order valence-electron chi connectivity index (χ2n) is 4.12. The Morgan fingerprint density at radius 3 is 3.00 bits per heavy atom. The quantitative estimate of drug-likeness (QED) is 0.801. The van der Waals surface area contributed by atoms with Crippen molar-refractivity contribution in [3.8, 4) is 5.88 Å². The predicted octanol–water partition coefficient (Wildman–Crippen LogP) is 2.74. The minimum absolute atomic E-state index is 0.243. The second kappa shape index (κ2) is 5.84. The van der Waals surface area contributed by atoms with Crippen molar-refractivity contribution in [2.75, 3.05) is 11.9 Å². The first-order valence-electron chi connectivity index (χ1n) is 6.38. The van der Waals surface area contributed by atoms with Gasteiger partial charge in [0.15, 0.2) is 5.13 Å². The van der Waals surface area contributed by atoms with E-state index in [0.29, 0.717) is 17.6 Å². The number of nitrogens with one attached hydrogen (secondary N) is 1. The fourth-order valence-corrected chi connectivity index (χ4v) is 2.64. The van der Waals surface area contributed by atoms with Crippen LogP contribution in [0.5, 0.6) is 5.88 Å². The smallest absolute Gasteiger partial charge is 0.276 e. The lowest BCUT2D eigenvalue weighted by Gasteiger charge is -2.03. The number of carbonyl (C=O) groups excluding carboxylic acids is 1. The van der Waals surface area contributed by atoms with E-state index in [-0.39, 0.29) is 11.6 Å². The van der Waals surface area contributed by atoms with E-state index in [0.717, 1.165) is 10.2 Å². The third-order valence-corrected chi connectivity index (χ3v) is 3.63. The second-order valence-corrected chi connectivity index (χ2v) is 5.15. The van der Waals surface area contributed by atoms with Crippen LogP contribution in [-0.2, 0) is 0 Å². The molecular weight excluding hydrogens is 288 g/mol. The normalized spacial score (nSPS) is 10.5. The van der Waals surface area contributed by atoms with Gasteiger partial charge in [0.2, 0.25) is 5.88 Å². The van der Waals surface area contributed by atoms with Gasteiger partial charge in [0.05, 0.1) is 16.8 Å². The Hall–Kier alpha value is -2.54. The molecular formula is C14H12N4O2S. The standard InChI is InChI=1S/C14H12N4O2S/c1-2-20-12-7-10(15-8-16-12)13(19)18-14-17-9-5-3-4-6-11(9)21-14/h3-8H,2H2,1H3,(H,17,18,19). The molecule has 0 aliphatic heterocycles. The van der Waals surface area contributed by atoms with Crippen molar-refractivity contribution in [3.05, 3.63) is 42.4 Å². The summed E-state index contributed by atoms with van der Waals surface area (Å²) < 4.78 is 6.27. The van der Waals surface area contributed by atoms with Crippen LogP contribution in [0.15, 0.2) is 36.7 Å². The predicted molar refractivity (Wildman–Crippen MR) is 80.8 cm³/mol. The maximum Gasteiger partial charge on any atom is 0.276 e. The van der Waals surface area contributed by atoms with Gasteiger partial charge in [-0.05, 0) is 19.1 Å². The number of para-hydroxylation sites is 1. The number of hydrogen-bond donors (Lipinski definition) is 1. The first-order valence-corrected chi connectivity index (χ1v) is 7.19. The Kier molecular flexibility index (Phi) is 3.74. The number of fused-ring (bicyclic) bond motifs is 1. The minimum Gasteiger partial charge on any atom is -0.478 e. The van der Waals surface area contributed by atoms with Crippen LogP contribution in [0.4, 0.5) is 5.13 Å². The molecule has 2 aromatic heterocycles. The van der Waals surface area contributed by atoms with Crippen molar-refractivity contribution in [2.24, 2.45) is 0 Å². The van der Waals surface area contributed by atoms with E-state index in [9.17, 15) is 4.79 Å². The molecule has 3 rings (SSSR count). The molecule has 0 aliphatic rings. The van der Waals surface area contributed by atoms with Gasteiger partial charge in [-0.15, -0.1) is 0 Å². The molecule has 0 fully saturated rings. The third-order valence-electron chi connectivity index (χ3n) is 2.68. The summed E-state index contributed by atoms with van der Waals surface area (Å²) in [6.45, 7) is 2.33. The van der Waals surface area contributed by atoms with Crippen LogP contribution in [0.2, 0.25) is 0 Å². The number of anilines is 1. The van der Waals surface area contributed by atoms with Crippen LogP contribution >= 0.6 is 11.3 Å². The van der Waals surface area contributed by atoms with Gasteiger partial charge in [-0.3, -0.25) is 10.1 Å². The molecule has 1 N–H and O–H groups in total. The van der Waals surface area contributed by atoms with Crippen LogP contribution in [-0.4, -0.2) is 27.5 Å². The van der Waals surface area contributed by atoms with Crippen LogP contribution in [0, 0.1) is 0 Å². The highest BCUT2D eigenvalue weighted by molar-refractivity contribution is 7.22. The van der Waals surface area contributed by atoms with Gasteiger partial charge in [-0.1, -0.05) is 23.5 Å². The molecule has 21 heavy (non-hydrogen) atoms. The molecule has 0 saturated heterocycles. The molecule has 0 bridgehead atoms. The average molecular weight is 300 g/mol. The van der Waals surface area contributed by atoms with Crippen molar-refractivity contribution in [3.63, 3.8) is 0 Å². The molecule has 0 aliphatic carbocycles. The van der Waals surface area contributed by atoms with E-state index in [1.165, 1.54) is 23.7 Å². The number of ether oxygens (including phenoxy) is 1. The first-order chi connectivity index (χ1) is 10.3. The molecule has 1 amide bonds. The van der Waals surface area contributed by atoms with Crippen LogP contribution in [0.3, 0.4) is 0 Å². The van der Waals surface area contributed by atoms with E-state index >= 15 is 0 Å². The Morgan fingerprint density at radius 2 is 2.19 bits per heavy atom. The van der Waals surface area contributed by atoms with E-state index in [2.05, 4.69) is 20.3 Å². The molecule has 0 saturated carbocycles. The van der Waals surface area contributed by atoms with Crippen molar-refractivity contribution >= 4 is 32.6 Å². The zero-order valence-corrected chi connectivity index (χ0v) is 12.1. The fraction of sp³-hybridized carbons (Fsp3) is 0.143. The van der Waals surface area contributed by atoms with Crippen molar-refractivity contribution in [2.45, 2.75) is 6.92 Å². The molecule has 0 radical (unpaired) electrons. The zero-order chi connectivity index (χ0) is 14.7. The SMILES string of the molecule is CCOc1cc(C(=O)Nc2nc3ccccc3s2)ncn1. The Labute approximate surface area is 124 Å². The highest BCUT2D eigenvalue weighted by Crippen LogP contribution is 2.25. The summed E-state index contributed by atoms with van der Waals surface area (Å²) in [7, 11) is 0. The lowest BCUT2D eigenvalue weighted by Crippen LogP contribution is -2.14. The number of aromatic nitrogens is 3. The Morgan fingerprint density at radius 1 is 1.33 bits per heavy atom. The van der Waals surface area contributed by atoms with E-state index in [1.54, 1.807) is 0 Å². The number of amides is 1. The number of thiazole rings is 1. The number of nitrogens with zero attached hydrogens (tertiary/aromatic N) is 3. The summed E-state index contributed by atoms with van der Waals surface area (Å²) in [5.41, 5.74) is 1.10. The number of carbonyl (C=O) groups is 1. The molecule has 3 aromatic rings. The lowest BCUT2D eigenvalue weighted by molar-refractivity contribution is 0.102. The molecule has 6 nitrogen and oxygen atoms in total. The van der Waals surface area contributed by atoms with Crippen molar-refractivity contribution in [1.82, 2.24) is 15.0 Å². The van der Waals surface area contributed by atoms with Gasteiger partial charge >= 0.3 is 0 Å². The number of benzene rings is 1. The summed E-state index contributed by atoms with van der Waals surface area (Å²) in [6.07, 6.45) is 1.30. The first kappa shape index (κ1) is 13.4. The topological polar surface area (TPSA) is 77.0 Å². The van der Waals surface area contributed by atoms with E-state index < -0.39 is 0 Å². The highest BCUT2D eigenvalue weighted by atomic mass is 32.1. The van der Waals surface area contributed by atoms with Crippen LogP contribution in [0.1, 0.15) is 17.4 Å². The minimum atomic E-state index is -0.336. The molecule has 0 spiro atoms. The Bertz CT molecular complexity index is 754. The van der Waals surface area contributed by atoms with Gasteiger partial charge in [-0.2, -0.15) is 0 Å². The highest BCUT2D eigenvalue weighted by Gasteiger charge is 2.12. The maximum atomic E-state index is 12.2. The van der Waals surface area contributed by atoms with E-state index in [1.807, 2.05) is 31.2 Å². The average Bonchev–Trinajstić information content (AvgIpc) is 2.90. The monoisotopic (exact) mass is 300 g/mol. The van der Waals surface area contributed by atoms with Gasteiger partial charge in [0, 0.05) is 6.07 Å². The largest absolute Gasteiger partial charge is 0.478 e. The summed E-state index contributed by atoms with van der Waals surface area (Å²) in [5.74, 6) is 0.0411. The number of hydrogen-bond acceptors (Lipinski definition) is 6. The lowest BCUT2D eigenvalue weighted by atomic mass is 10.3. The van der Waals surface area contributed by atoms with Gasteiger partial charge < -0.3 is 4.74 Å². The van der Waals surface area contributed by atoms with Gasteiger partial charge in [0.25, 0.3) is 5.91 Å². The van der Waals surface area contributed by atoms with Gasteiger partial charge in [0.1, 0.15) is 12.0 Å². The fourth-order valence-electron chi connectivity index (χ4n) is 1.78. The van der Waals surface area contributed by atoms with Crippen LogP contribution < -0.4 is 10.1 Å². The van der Waals surface area contributed by atoms with Crippen molar-refractivity contribution in [1.29, 1.82) is 0 Å². The summed E-state index contributed by atoms with van der Waals surface area (Å²) in [5, 5.41) is 3.28. The van der Waals surface area contributed by atoms with Crippen LogP contribution in [0.25, 0.3) is 10.2 Å². The van der Waals surface area contributed by atoms with Crippen molar-refractivity contribution < 1.29 is 9.53 Å². The van der Waals surface area contributed by atoms with E-state index in [4.69, 9.17) is 4.74 Å².